The zero-order valence-corrected chi connectivity index (χ0v) is 12.8. The third-order valence-corrected chi connectivity index (χ3v) is 3.83. The minimum atomic E-state index is 0.795. The van der Waals surface area contributed by atoms with Gasteiger partial charge in [0, 0.05) is 30.6 Å². The zero-order valence-electron chi connectivity index (χ0n) is 12.0. The summed E-state index contributed by atoms with van der Waals surface area (Å²) in [6.07, 6.45) is 5.09. The molecular weight excluding hydrogens is 274 g/mol. The molecule has 0 saturated heterocycles. The summed E-state index contributed by atoms with van der Waals surface area (Å²) in [5, 5.41) is 20.3. The number of aryl methyl sites for hydroxylation is 1. The lowest BCUT2D eigenvalue weighted by Crippen LogP contribution is -2.21. The molecule has 2 heterocycles. The molecule has 0 unspecified atom stereocenters. The molecule has 0 amide bonds. The Morgan fingerprint density at radius 2 is 2.20 bits per heavy atom. The van der Waals surface area contributed by atoms with Gasteiger partial charge in [-0.25, -0.2) is 4.68 Å². The lowest BCUT2D eigenvalue weighted by molar-refractivity contribution is 0.510. The SMILES string of the molecule is CCCNCCn1nnnc1SCc1cnn(CC)c1. The van der Waals surface area contributed by atoms with Crippen molar-refractivity contribution in [1.82, 2.24) is 35.3 Å². The highest BCUT2D eigenvalue weighted by molar-refractivity contribution is 7.98. The summed E-state index contributed by atoms with van der Waals surface area (Å²) in [4.78, 5) is 0. The number of nitrogens with zero attached hydrogens (tertiary/aromatic N) is 6. The minimum absolute atomic E-state index is 0.795. The van der Waals surface area contributed by atoms with E-state index in [9.17, 15) is 0 Å². The summed E-state index contributed by atoms with van der Waals surface area (Å²) in [6.45, 7) is 7.84. The van der Waals surface area contributed by atoms with E-state index >= 15 is 0 Å². The van der Waals surface area contributed by atoms with Gasteiger partial charge in [-0.2, -0.15) is 5.10 Å². The molecule has 0 radical (unpaired) electrons. The maximum absolute atomic E-state index is 4.26. The molecule has 1 N–H and O–H groups in total. The van der Waals surface area contributed by atoms with Gasteiger partial charge in [-0.1, -0.05) is 18.7 Å². The Balaban J connectivity index is 1.82. The van der Waals surface area contributed by atoms with Crippen molar-refractivity contribution in [3.05, 3.63) is 18.0 Å². The first-order chi connectivity index (χ1) is 9.83. The Kier molecular flexibility index (Phi) is 6.00. The van der Waals surface area contributed by atoms with Crippen LogP contribution in [0.2, 0.25) is 0 Å². The average Bonchev–Trinajstić information content (AvgIpc) is 3.10. The molecule has 8 heteroatoms. The van der Waals surface area contributed by atoms with Gasteiger partial charge in [-0.05, 0) is 30.3 Å². The van der Waals surface area contributed by atoms with Crippen LogP contribution in [0.1, 0.15) is 25.8 Å². The monoisotopic (exact) mass is 295 g/mol. The molecule has 2 rings (SSSR count). The fourth-order valence-corrected chi connectivity index (χ4v) is 2.54. The van der Waals surface area contributed by atoms with E-state index in [4.69, 9.17) is 0 Å². The summed E-state index contributed by atoms with van der Waals surface area (Å²) in [5.74, 6) is 0.836. The van der Waals surface area contributed by atoms with E-state index in [1.165, 1.54) is 5.56 Å². The molecule has 0 fully saturated rings. The standard InChI is InChI=1S/C12H21N7S/c1-3-5-13-6-7-19-12(15-16-17-19)20-10-11-8-14-18(4-2)9-11/h8-9,13H,3-7,10H2,1-2H3. The highest BCUT2D eigenvalue weighted by Gasteiger charge is 2.07. The van der Waals surface area contributed by atoms with Crippen LogP contribution < -0.4 is 5.32 Å². The molecular formula is C12H21N7S. The van der Waals surface area contributed by atoms with Crippen LogP contribution in [0.4, 0.5) is 0 Å². The summed E-state index contributed by atoms with van der Waals surface area (Å²) in [5.41, 5.74) is 1.19. The number of hydrogen-bond donors (Lipinski definition) is 1. The molecule has 110 valence electrons. The van der Waals surface area contributed by atoms with Gasteiger partial charge < -0.3 is 5.32 Å². The molecule has 0 spiro atoms. The van der Waals surface area contributed by atoms with Crippen molar-refractivity contribution in [2.24, 2.45) is 0 Å². The van der Waals surface area contributed by atoms with Crippen LogP contribution in [0, 0.1) is 0 Å². The van der Waals surface area contributed by atoms with Gasteiger partial charge in [0.25, 0.3) is 0 Å². The minimum Gasteiger partial charge on any atom is -0.315 e. The number of rotatable bonds is 9. The first kappa shape index (κ1) is 15.0. The Labute approximate surface area is 123 Å². The number of aromatic nitrogens is 6. The van der Waals surface area contributed by atoms with Gasteiger partial charge in [0.15, 0.2) is 0 Å². The lowest BCUT2D eigenvalue weighted by Gasteiger charge is -2.04. The van der Waals surface area contributed by atoms with Crippen molar-refractivity contribution in [3.63, 3.8) is 0 Å². The molecule has 2 aromatic heterocycles. The fourth-order valence-electron chi connectivity index (χ4n) is 1.73. The van der Waals surface area contributed by atoms with Gasteiger partial charge in [0.2, 0.25) is 5.16 Å². The molecule has 0 aromatic carbocycles. The fraction of sp³-hybridized carbons (Fsp3) is 0.667. The molecule has 20 heavy (non-hydrogen) atoms. The molecule has 0 aliphatic carbocycles. The van der Waals surface area contributed by atoms with E-state index in [-0.39, 0.29) is 0 Å². The second-order valence-electron chi connectivity index (χ2n) is 4.43. The Morgan fingerprint density at radius 1 is 1.30 bits per heavy atom. The highest BCUT2D eigenvalue weighted by atomic mass is 32.2. The van der Waals surface area contributed by atoms with Crippen LogP contribution in [0.25, 0.3) is 0 Å². The van der Waals surface area contributed by atoms with Crippen LogP contribution >= 0.6 is 11.8 Å². The Bertz CT molecular complexity index is 507. The van der Waals surface area contributed by atoms with Crippen LogP contribution in [0.5, 0.6) is 0 Å². The number of nitrogens with one attached hydrogen (secondary N) is 1. The maximum Gasteiger partial charge on any atom is 0.209 e. The normalized spacial score (nSPS) is 11.1. The number of tetrazole rings is 1. The van der Waals surface area contributed by atoms with Crippen molar-refractivity contribution in [2.75, 3.05) is 13.1 Å². The maximum atomic E-state index is 4.26. The van der Waals surface area contributed by atoms with Gasteiger partial charge >= 0.3 is 0 Å². The second kappa shape index (κ2) is 8.01. The van der Waals surface area contributed by atoms with Gasteiger partial charge in [-0.3, -0.25) is 4.68 Å². The molecule has 7 nitrogen and oxygen atoms in total. The highest BCUT2D eigenvalue weighted by Crippen LogP contribution is 2.19. The summed E-state index contributed by atoms with van der Waals surface area (Å²) >= 11 is 1.64. The smallest absolute Gasteiger partial charge is 0.209 e. The first-order valence-corrected chi connectivity index (χ1v) is 7.93. The van der Waals surface area contributed by atoms with Crippen molar-refractivity contribution in [3.8, 4) is 0 Å². The summed E-state index contributed by atoms with van der Waals surface area (Å²) < 4.78 is 3.77. The van der Waals surface area contributed by atoms with Crippen LogP contribution in [-0.2, 0) is 18.8 Å². The average molecular weight is 295 g/mol. The van der Waals surface area contributed by atoms with E-state index < -0.39 is 0 Å². The number of thioether (sulfide) groups is 1. The Hall–Kier alpha value is -1.41. The first-order valence-electron chi connectivity index (χ1n) is 6.94. The van der Waals surface area contributed by atoms with Crippen molar-refractivity contribution >= 4 is 11.8 Å². The van der Waals surface area contributed by atoms with Crippen LogP contribution in [0.15, 0.2) is 17.6 Å². The van der Waals surface area contributed by atoms with E-state index in [1.54, 1.807) is 11.8 Å². The van der Waals surface area contributed by atoms with Crippen molar-refractivity contribution < 1.29 is 0 Å². The quantitative estimate of drug-likeness (QED) is 0.553. The van der Waals surface area contributed by atoms with E-state index in [0.29, 0.717) is 0 Å². The predicted octanol–water partition coefficient (Wildman–Crippen LogP) is 1.18. The van der Waals surface area contributed by atoms with E-state index in [1.807, 2.05) is 15.6 Å². The number of hydrogen-bond acceptors (Lipinski definition) is 6. The molecule has 0 bridgehead atoms. The van der Waals surface area contributed by atoms with Crippen molar-refractivity contribution in [1.29, 1.82) is 0 Å². The molecule has 0 saturated carbocycles. The molecule has 0 atom stereocenters. The van der Waals surface area contributed by atoms with Gasteiger partial charge in [0.1, 0.15) is 0 Å². The third-order valence-electron chi connectivity index (χ3n) is 2.80. The molecule has 0 aliphatic rings. The van der Waals surface area contributed by atoms with Crippen molar-refractivity contribution in [2.45, 2.75) is 44.3 Å². The van der Waals surface area contributed by atoms with Gasteiger partial charge in [-0.15, -0.1) is 5.10 Å². The summed E-state index contributed by atoms with van der Waals surface area (Å²) in [6, 6.07) is 0. The molecule has 0 aliphatic heterocycles. The lowest BCUT2D eigenvalue weighted by atomic mass is 10.4. The zero-order chi connectivity index (χ0) is 14.2. The van der Waals surface area contributed by atoms with E-state index in [0.717, 1.165) is 43.5 Å². The summed E-state index contributed by atoms with van der Waals surface area (Å²) in [7, 11) is 0. The third kappa shape index (κ3) is 4.31. The topological polar surface area (TPSA) is 73.5 Å². The van der Waals surface area contributed by atoms with Crippen LogP contribution in [0.3, 0.4) is 0 Å². The largest absolute Gasteiger partial charge is 0.315 e. The van der Waals surface area contributed by atoms with Gasteiger partial charge in [0.05, 0.1) is 12.7 Å². The van der Waals surface area contributed by atoms with E-state index in [2.05, 4.69) is 46.0 Å². The Morgan fingerprint density at radius 3 is 2.95 bits per heavy atom. The molecule has 2 aromatic rings. The second-order valence-corrected chi connectivity index (χ2v) is 5.37. The predicted molar refractivity (Wildman–Crippen MR) is 78.4 cm³/mol. The van der Waals surface area contributed by atoms with Crippen LogP contribution in [-0.4, -0.2) is 43.1 Å².